The summed E-state index contributed by atoms with van der Waals surface area (Å²) in [5, 5.41) is 21.5. The van der Waals surface area contributed by atoms with Crippen LogP contribution in [0.5, 0.6) is 0 Å². The number of benzene rings is 8. The van der Waals surface area contributed by atoms with Crippen LogP contribution < -0.4 is 0 Å². The van der Waals surface area contributed by atoms with Gasteiger partial charge in [0.15, 0.2) is 186 Å². The van der Waals surface area contributed by atoms with Crippen molar-refractivity contribution in [2.75, 3.05) is 0 Å². The van der Waals surface area contributed by atoms with Gasteiger partial charge in [0.2, 0.25) is 0 Å². The van der Waals surface area contributed by atoms with Gasteiger partial charge in [-0.05, 0) is 74.2 Å². The van der Waals surface area contributed by atoms with Crippen molar-refractivity contribution in [1.29, 1.82) is 0 Å². The van der Waals surface area contributed by atoms with Crippen LogP contribution in [0.4, 0.5) is 140 Å². The summed E-state index contributed by atoms with van der Waals surface area (Å²) in [5.74, 6) is -66.9. The third-order valence-corrected chi connectivity index (χ3v) is 11.5. The highest BCUT2D eigenvalue weighted by atomic mass is 19.2. The molecule has 0 heterocycles. The maximum absolute atomic E-state index is 13.6. The smallest absolute Gasteiger partial charge is 0.402 e. The molecule has 0 aromatic heterocycles. The molecule has 0 aliphatic rings. The van der Waals surface area contributed by atoms with E-state index in [0.717, 1.165) is 27.7 Å². The predicted octanol–water partition coefficient (Wildman–Crippen LogP) is 17.0. The molecule has 0 saturated heterocycles. The van der Waals surface area contributed by atoms with Gasteiger partial charge in [0.05, 0.1) is 0 Å². The molecular weight excluding hydrogens is 1290 g/mol. The highest BCUT2D eigenvalue weighted by molar-refractivity contribution is 6.30. The van der Waals surface area contributed by atoms with E-state index < -0.39 is 260 Å². The van der Waals surface area contributed by atoms with E-state index in [-0.39, 0.29) is 24.3 Å². The van der Waals surface area contributed by atoms with Crippen LogP contribution >= 0.6 is 0 Å². The molecule has 88 heavy (non-hydrogen) atoms. The summed E-state index contributed by atoms with van der Waals surface area (Å²) >= 11 is 0. The zero-order valence-corrected chi connectivity index (χ0v) is 42.3. The largest absolute Gasteiger partial charge is 0.631 e. The van der Waals surface area contributed by atoms with E-state index in [0.29, 0.717) is 0 Å². The second-order valence-corrected chi connectivity index (χ2v) is 16.8. The third kappa shape index (κ3) is 13.5. The van der Waals surface area contributed by atoms with E-state index in [1.807, 2.05) is 0 Å². The molecule has 3 N–H and O–H groups in total. The third-order valence-electron chi connectivity index (χ3n) is 11.5. The van der Waals surface area contributed by atoms with Gasteiger partial charge >= 0.3 is 7.32 Å². The normalized spacial score (nSPS) is 10.9. The topological polar surface area (TPSA) is 60.7 Å². The van der Waals surface area contributed by atoms with Crippen LogP contribution in [0.1, 0.15) is 22.3 Å². The van der Waals surface area contributed by atoms with Crippen molar-refractivity contribution in [3.63, 3.8) is 0 Å². The van der Waals surface area contributed by atoms with Gasteiger partial charge < -0.3 is 15.1 Å². The van der Waals surface area contributed by atoms with Crippen molar-refractivity contribution in [3.8, 4) is 44.5 Å². The summed E-state index contributed by atoms with van der Waals surface area (Å²) in [5.41, 5.74) is -13.7. The summed E-state index contributed by atoms with van der Waals surface area (Å²) < 4.78 is 423. The molecule has 0 fully saturated rings. The molecule has 0 bridgehead atoms. The quantitative estimate of drug-likeness (QED) is 0.0712. The average Bonchev–Trinajstić information content (AvgIpc) is 0.937. The van der Waals surface area contributed by atoms with Gasteiger partial charge in [0, 0.05) is 44.5 Å². The van der Waals surface area contributed by atoms with Gasteiger partial charge in [-0.3, -0.25) is 0 Å². The van der Waals surface area contributed by atoms with E-state index in [2.05, 4.69) is 0 Å². The van der Waals surface area contributed by atoms with Gasteiger partial charge in [-0.1, -0.05) is 0 Å². The van der Waals surface area contributed by atoms with Crippen molar-refractivity contribution < 1.29 is 156 Å². The molecule has 8 aromatic rings. The summed E-state index contributed by atoms with van der Waals surface area (Å²) in [7, 11) is -2.17. The predicted molar refractivity (Wildman–Crippen MR) is 238 cm³/mol. The fraction of sp³-hybridized carbons (Fsp3) is 0.0769. The van der Waals surface area contributed by atoms with Crippen molar-refractivity contribution in [3.05, 3.63) is 233 Å². The number of rotatable bonds is 4. The second-order valence-electron chi connectivity index (χ2n) is 16.8. The van der Waals surface area contributed by atoms with Crippen LogP contribution in [0, 0.1) is 214 Å². The summed E-state index contributed by atoms with van der Waals surface area (Å²) in [6.07, 6.45) is 0. The molecule has 0 aliphatic carbocycles. The van der Waals surface area contributed by atoms with E-state index in [4.69, 9.17) is 15.1 Å². The first kappa shape index (κ1) is 71.9. The van der Waals surface area contributed by atoms with Crippen LogP contribution in [-0.2, 0) is 0 Å². The van der Waals surface area contributed by atoms with Crippen molar-refractivity contribution in [1.82, 2.24) is 0 Å². The van der Waals surface area contributed by atoms with Gasteiger partial charge in [-0.2, -0.15) is 0 Å². The molecule has 36 heteroatoms. The lowest BCUT2D eigenvalue weighted by molar-refractivity contribution is 0.278. The number of hydrogen-bond donors (Lipinski definition) is 3. The lowest BCUT2D eigenvalue weighted by atomic mass is 9.97. The molecule has 0 aliphatic heterocycles. The molecule has 0 atom stereocenters. The highest BCUT2D eigenvalue weighted by Gasteiger charge is 2.33. The monoisotopic (exact) mass is 1310 g/mol. The molecule has 0 spiro atoms. The SMILES string of the molecule is Cc1c(F)c(F)c(F)c(F)c1-c1cc(F)c(F)c(F)c1F.Cc1c(F)c(F)c(F)c(F)c1-c1cc(F)c(F)c(F)c1F.Cc1c(F)c(F)c(F)c(F)c1-c1cc(F)c(F)c(F)c1F.Cc1c(F)c(F)c(F)c(F)c1-c1cc(F)c(F)c(F)c1F.OB(O)O. The van der Waals surface area contributed by atoms with Crippen LogP contribution in [0.2, 0.25) is 0 Å². The van der Waals surface area contributed by atoms with Crippen LogP contribution in [-0.4, -0.2) is 22.4 Å². The van der Waals surface area contributed by atoms with E-state index >= 15 is 0 Å². The maximum atomic E-state index is 13.6. The minimum atomic E-state index is -2.28. The van der Waals surface area contributed by atoms with Crippen molar-refractivity contribution in [2.24, 2.45) is 0 Å². The second kappa shape index (κ2) is 27.7. The minimum Gasteiger partial charge on any atom is -0.402 e. The van der Waals surface area contributed by atoms with E-state index in [9.17, 15) is 140 Å². The maximum Gasteiger partial charge on any atom is 0.631 e. The molecule has 0 saturated carbocycles. The molecule has 0 amide bonds. The fourth-order valence-corrected chi connectivity index (χ4v) is 7.27. The number of hydrogen-bond acceptors (Lipinski definition) is 3. The van der Waals surface area contributed by atoms with Gasteiger partial charge in [0.1, 0.15) is 0 Å². The Kier molecular flexibility index (Phi) is 22.6. The average molecular weight is 1310 g/mol. The van der Waals surface area contributed by atoms with Crippen LogP contribution in [0.15, 0.2) is 24.3 Å². The molecule has 8 rings (SSSR count). The zero-order chi connectivity index (χ0) is 67.8. The Hall–Kier alpha value is -8.54. The van der Waals surface area contributed by atoms with Crippen LogP contribution in [0.3, 0.4) is 0 Å². The zero-order valence-electron chi connectivity index (χ0n) is 42.3. The highest BCUT2D eigenvalue weighted by Crippen LogP contribution is 2.40. The first-order chi connectivity index (χ1) is 40.4. The summed E-state index contributed by atoms with van der Waals surface area (Å²) in [6, 6.07) is 0.0950. The standard InChI is InChI=1S/4C13H4F8.BH3O3/c4*1-3-6(10(18)13(21)11(19)7(3)15)4-2-5(14)9(17)12(20)8(4)16;2-1(3)4/h4*2H,1H3;2-4H. The van der Waals surface area contributed by atoms with Crippen LogP contribution in [0.25, 0.3) is 44.5 Å². The number of halogens is 32. The van der Waals surface area contributed by atoms with Crippen molar-refractivity contribution in [2.45, 2.75) is 27.7 Å². The van der Waals surface area contributed by atoms with Gasteiger partial charge in [-0.25, -0.2) is 140 Å². The summed E-state index contributed by atoms with van der Waals surface area (Å²) in [4.78, 5) is 0. The Bertz CT molecular complexity index is 3480. The Morgan fingerprint density at radius 3 is 0.432 bits per heavy atom. The fourth-order valence-electron chi connectivity index (χ4n) is 7.27. The minimum absolute atomic E-state index is 0.0238. The Morgan fingerprint density at radius 1 is 0.182 bits per heavy atom. The molecular formula is C52H19BF32O3. The lowest BCUT2D eigenvalue weighted by Gasteiger charge is -2.12. The van der Waals surface area contributed by atoms with E-state index in [1.165, 1.54) is 0 Å². The first-order valence-corrected chi connectivity index (χ1v) is 22.1. The molecule has 8 aromatic carbocycles. The van der Waals surface area contributed by atoms with Gasteiger partial charge in [-0.15, -0.1) is 0 Å². The Labute approximate surface area is 467 Å². The molecule has 0 radical (unpaired) electrons. The van der Waals surface area contributed by atoms with Crippen molar-refractivity contribution >= 4 is 7.32 Å². The molecule has 3 nitrogen and oxygen atoms in total. The Morgan fingerprint density at radius 2 is 0.295 bits per heavy atom. The summed E-state index contributed by atoms with van der Waals surface area (Å²) in [6.45, 7) is 2.98. The Balaban J connectivity index is 0.000000246. The molecule has 472 valence electrons. The van der Waals surface area contributed by atoms with Gasteiger partial charge in [0.25, 0.3) is 0 Å². The molecule has 0 unspecified atom stereocenters. The van der Waals surface area contributed by atoms with E-state index in [1.54, 1.807) is 0 Å². The lowest BCUT2D eigenvalue weighted by Crippen LogP contribution is -2.07. The first-order valence-electron chi connectivity index (χ1n) is 22.1.